The minimum Gasteiger partial charge on any atom is -0.327 e. The zero-order chi connectivity index (χ0) is 13.8. The van der Waals surface area contributed by atoms with Crippen LogP contribution in [0.15, 0.2) is 24.3 Å². The Morgan fingerprint density at radius 2 is 1.79 bits per heavy atom. The van der Waals surface area contributed by atoms with E-state index >= 15 is 0 Å². The lowest BCUT2D eigenvalue weighted by Crippen LogP contribution is -2.40. The summed E-state index contributed by atoms with van der Waals surface area (Å²) in [4.78, 5) is 23.3. The van der Waals surface area contributed by atoms with E-state index in [9.17, 15) is 9.59 Å². The minimum absolute atomic E-state index is 0.0113. The number of carbonyl (C=O) groups excluding carboxylic acids is 2. The molecule has 0 spiro atoms. The van der Waals surface area contributed by atoms with Gasteiger partial charge in [-0.2, -0.15) is 0 Å². The number of carbonyl (C=O) groups is 2. The first-order valence-electron chi connectivity index (χ1n) is 6.75. The third-order valence-corrected chi connectivity index (χ3v) is 3.72. The normalized spacial score (nSPS) is 22.8. The van der Waals surface area contributed by atoms with Crippen molar-refractivity contribution in [2.75, 3.05) is 5.32 Å². The summed E-state index contributed by atoms with van der Waals surface area (Å²) in [6, 6.07) is 6.91. The molecule has 4 nitrogen and oxygen atoms in total. The standard InChI is InChI=1S/C15H20N2O2/c1-10(18)11-6-8-12(9-7-11)17-15(19)13-4-2-3-5-14(13)16/h6-9,13-14H,2-5,16H2,1H3,(H,17,19). The van der Waals surface area contributed by atoms with Crippen molar-refractivity contribution >= 4 is 17.4 Å². The van der Waals surface area contributed by atoms with Gasteiger partial charge in [0.25, 0.3) is 0 Å². The number of benzene rings is 1. The molecule has 1 aliphatic carbocycles. The van der Waals surface area contributed by atoms with Gasteiger partial charge in [-0.05, 0) is 44.0 Å². The smallest absolute Gasteiger partial charge is 0.229 e. The van der Waals surface area contributed by atoms with Crippen LogP contribution in [0.2, 0.25) is 0 Å². The van der Waals surface area contributed by atoms with Gasteiger partial charge in [-0.3, -0.25) is 9.59 Å². The van der Waals surface area contributed by atoms with Gasteiger partial charge in [-0.25, -0.2) is 0 Å². The van der Waals surface area contributed by atoms with E-state index < -0.39 is 0 Å². The number of Topliss-reactive ketones (excluding diaryl/α,β-unsaturated/α-hetero) is 1. The Balaban J connectivity index is 2.00. The van der Waals surface area contributed by atoms with Crippen LogP contribution >= 0.6 is 0 Å². The Kier molecular flexibility index (Phi) is 4.32. The summed E-state index contributed by atoms with van der Waals surface area (Å²) in [5, 5.41) is 2.88. The summed E-state index contributed by atoms with van der Waals surface area (Å²) >= 11 is 0. The monoisotopic (exact) mass is 260 g/mol. The predicted molar refractivity (Wildman–Crippen MR) is 75.0 cm³/mol. The van der Waals surface area contributed by atoms with Gasteiger partial charge in [0.2, 0.25) is 5.91 Å². The van der Waals surface area contributed by atoms with Gasteiger partial charge in [0.05, 0.1) is 5.92 Å². The second-order valence-electron chi connectivity index (χ2n) is 5.18. The molecule has 1 saturated carbocycles. The molecule has 4 heteroatoms. The topological polar surface area (TPSA) is 72.2 Å². The molecule has 1 aromatic rings. The van der Waals surface area contributed by atoms with Crippen molar-refractivity contribution in [3.63, 3.8) is 0 Å². The zero-order valence-corrected chi connectivity index (χ0v) is 11.2. The van der Waals surface area contributed by atoms with E-state index in [0.717, 1.165) is 25.7 Å². The highest BCUT2D eigenvalue weighted by molar-refractivity contribution is 5.96. The van der Waals surface area contributed by atoms with Crippen LogP contribution in [-0.2, 0) is 4.79 Å². The van der Waals surface area contributed by atoms with Crippen LogP contribution < -0.4 is 11.1 Å². The lowest BCUT2D eigenvalue weighted by molar-refractivity contribution is -0.121. The largest absolute Gasteiger partial charge is 0.327 e. The molecule has 1 fully saturated rings. The molecule has 0 aliphatic heterocycles. The second kappa shape index (κ2) is 5.97. The van der Waals surface area contributed by atoms with Crippen LogP contribution in [0.25, 0.3) is 0 Å². The van der Waals surface area contributed by atoms with E-state index in [0.29, 0.717) is 11.3 Å². The zero-order valence-electron chi connectivity index (χ0n) is 11.2. The molecule has 0 heterocycles. The molecular weight excluding hydrogens is 240 g/mol. The lowest BCUT2D eigenvalue weighted by atomic mass is 9.84. The van der Waals surface area contributed by atoms with Crippen molar-refractivity contribution in [2.24, 2.45) is 11.7 Å². The van der Waals surface area contributed by atoms with E-state index in [-0.39, 0.29) is 23.7 Å². The molecule has 0 aromatic heterocycles. The molecular formula is C15H20N2O2. The summed E-state index contributed by atoms with van der Waals surface area (Å²) in [6.45, 7) is 1.52. The Labute approximate surface area is 113 Å². The number of nitrogens with one attached hydrogen (secondary N) is 1. The van der Waals surface area contributed by atoms with E-state index in [1.54, 1.807) is 24.3 Å². The van der Waals surface area contributed by atoms with Gasteiger partial charge in [-0.15, -0.1) is 0 Å². The maximum absolute atomic E-state index is 12.1. The summed E-state index contributed by atoms with van der Waals surface area (Å²) in [6.07, 6.45) is 3.95. The van der Waals surface area contributed by atoms with Crippen molar-refractivity contribution in [1.29, 1.82) is 0 Å². The van der Waals surface area contributed by atoms with Crippen LogP contribution in [0, 0.1) is 5.92 Å². The molecule has 1 amide bonds. The van der Waals surface area contributed by atoms with Gasteiger partial charge in [0, 0.05) is 17.3 Å². The highest BCUT2D eigenvalue weighted by Gasteiger charge is 2.28. The fourth-order valence-corrected chi connectivity index (χ4v) is 2.51. The molecule has 0 radical (unpaired) electrons. The molecule has 102 valence electrons. The van der Waals surface area contributed by atoms with Gasteiger partial charge in [-0.1, -0.05) is 12.8 Å². The lowest BCUT2D eigenvalue weighted by Gasteiger charge is -2.27. The first-order valence-corrected chi connectivity index (χ1v) is 6.75. The molecule has 0 saturated heterocycles. The van der Waals surface area contributed by atoms with Crippen molar-refractivity contribution in [1.82, 2.24) is 0 Å². The van der Waals surface area contributed by atoms with Crippen LogP contribution in [0.4, 0.5) is 5.69 Å². The van der Waals surface area contributed by atoms with Crippen LogP contribution in [0.5, 0.6) is 0 Å². The SMILES string of the molecule is CC(=O)c1ccc(NC(=O)C2CCCCC2N)cc1. The highest BCUT2D eigenvalue weighted by Crippen LogP contribution is 2.24. The van der Waals surface area contributed by atoms with Crippen LogP contribution in [0.1, 0.15) is 43.0 Å². The van der Waals surface area contributed by atoms with E-state index in [4.69, 9.17) is 5.73 Å². The highest BCUT2D eigenvalue weighted by atomic mass is 16.2. The van der Waals surface area contributed by atoms with Crippen molar-refractivity contribution < 1.29 is 9.59 Å². The fourth-order valence-electron chi connectivity index (χ4n) is 2.51. The molecule has 1 aromatic carbocycles. The van der Waals surface area contributed by atoms with E-state index in [2.05, 4.69) is 5.32 Å². The number of hydrogen-bond donors (Lipinski definition) is 2. The average molecular weight is 260 g/mol. The summed E-state index contributed by atoms with van der Waals surface area (Å²) < 4.78 is 0. The number of hydrogen-bond acceptors (Lipinski definition) is 3. The van der Waals surface area contributed by atoms with Gasteiger partial charge < -0.3 is 11.1 Å². The summed E-state index contributed by atoms with van der Waals surface area (Å²) in [7, 11) is 0. The van der Waals surface area contributed by atoms with Crippen molar-refractivity contribution in [3.05, 3.63) is 29.8 Å². The first kappa shape index (κ1) is 13.7. The first-order chi connectivity index (χ1) is 9.08. The third-order valence-electron chi connectivity index (χ3n) is 3.72. The molecule has 2 rings (SSSR count). The van der Waals surface area contributed by atoms with Crippen LogP contribution in [-0.4, -0.2) is 17.7 Å². The maximum atomic E-state index is 12.1. The molecule has 2 unspecified atom stereocenters. The average Bonchev–Trinajstić information content (AvgIpc) is 2.39. The molecule has 3 N–H and O–H groups in total. The number of ketones is 1. The molecule has 2 atom stereocenters. The van der Waals surface area contributed by atoms with Crippen molar-refractivity contribution in [3.8, 4) is 0 Å². The van der Waals surface area contributed by atoms with Gasteiger partial charge in [0.15, 0.2) is 5.78 Å². The Hall–Kier alpha value is -1.68. The number of rotatable bonds is 3. The molecule has 19 heavy (non-hydrogen) atoms. The summed E-state index contributed by atoms with van der Waals surface area (Å²) in [5.74, 6) is -0.0869. The predicted octanol–water partition coefficient (Wildman–Crippen LogP) is 2.35. The second-order valence-corrected chi connectivity index (χ2v) is 5.18. The Morgan fingerprint density at radius 3 is 2.37 bits per heavy atom. The maximum Gasteiger partial charge on any atom is 0.229 e. The van der Waals surface area contributed by atoms with Crippen molar-refractivity contribution in [2.45, 2.75) is 38.6 Å². The van der Waals surface area contributed by atoms with E-state index in [1.807, 2.05) is 0 Å². The quantitative estimate of drug-likeness (QED) is 0.819. The Morgan fingerprint density at radius 1 is 1.16 bits per heavy atom. The number of nitrogens with two attached hydrogens (primary N) is 1. The molecule has 1 aliphatic rings. The fraction of sp³-hybridized carbons (Fsp3) is 0.467. The van der Waals surface area contributed by atoms with Gasteiger partial charge in [0.1, 0.15) is 0 Å². The van der Waals surface area contributed by atoms with Gasteiger partial charge >= 0.3 is 0 Å². The third kappa shape index (κ3) is 3.41. The van der Waals surface area contributed by atoms with E-state index in [1.165, 1.54) is 6.92 Å². The van der Waals surface area contributed by atoms with Crippen LogP contribution in [0.3, 0.4) is 0 Å². The minimum atomic E-state index is -0.0961. The summed E-state index contributed by atoms with van der Waals surface area (Å²) in [5.41, 5.74) is 7.35. The molecule has 0 bridgehead atoms. The number of amides is 1. The number of anilines is 1. The Bertz CT molecular complexity index is 468.